The molecule has 88 valence electrons. The lowest BCUT2D eigenvalue weighted by atomic mass is 10.1. The summed E-state index contributed by atoms with van der Waals surface area (Å²) < 4.78 is 22.5. The SMILES string of the molecule is Cc1c(Cl)cc(C(=O)CBr)cc1S(N)(=O)=O. The highest BCUT2D eigenvalue weighted by molar-refractivity contribution is 9.09. The normalized spacial score (nSPS) is 11.5. The number of sulfonamides is 1. The molecule has 1 aromatic rings. The molecule has 1 rings (SSSR count). The molecule has 4 nitrogen and oxygen atoms in total. The van der Waals surface area contributed by atoms with E-state index in [2.05, 4.69) is 15.9 Å². The van der Waals surface area contributed by atoms with Crippen molar-refractivity contribution in [1.29, 1.82) is 0 Å². The summed E-state index contributed by atoms with van der Waals surface area (Å²) in [6.45, 7) is 1.53. The van der Waals surface area contributed by atoms with Crippen LogP contribution in [-0.2, 0) is 10.0 Å². The molecule has 0 aliphatic rings. The van der Waals surface area contributed by atoms with Crippen molar-refractivity contribution in [3.8, 4) is 0 Å². The summed E-state index contributed by atoms with van der Waals surface area (Å²) in [6, 6.07) is 2.66. The van der Waals surface area contributed by atoms with E-state index >= 15 is 0 Å². The first-order valence-electron chi connectivity index (χ1n) is 4.19. The second-order valence-electron chi connectivity index (χ2n) is 3.18. The van der Waals surface area contributed by atoms with Gasteiger partial charge in [-0.1, -0.05) is 27.5 Å². The van der Waals surface area contributed by atoms with Crippen LogP contribution in [0.1, 0.15) is 15.9 Å². The molecular weight excluding hydrogens is 318 g/mol. The average molecular weight is 327 g/mol. The standard InChI is InChI=1S/C9H9BrClNO3S/c1-5-7(11)2-6(8(13)4-10)3-9(5)16(12,14)15/h2-3H,4H2,1H3,(H2,12,14,15). The molecule has 16 heavy (non-hydrogen) atoms. The molecule has 0 spiro atoms. The van der Waals surface area contributed by atoms with Crippen LogP contribution in [0.25, 0.3) is 0 Å². The summed E-state index contributed by atoms with van der Waals surface area (Å²) in [4.78, 5) is 11.3. The van der Waals surface area contributed by atoms with Gasteiger partial charge >= 0.3 is 0 Å². The zero-order valence-electron chi connectivity index (χ0n) is 8.33. The predicted octanol–water partition coefficient (Wildman–Crippen LogP) is 1.87. The van der Waals surface area contributed by atoms with Crippen LogP contribution < -0.4 is 5.14 Å². The first-order valence-corrected chi connectivity index (χ1v) is 7.24. The number of hydrogen-bond acceptors (Lipinski definition) is 3. The highest BCUT2D eigenvalue weighted by Gasteiger charge is 2.17. The fraction of sp³-hybridized carbons (Fsp3) is 0.222. The van der Waals surface area contributed by atoms with Crippen LogP contribution >= 0.6 is 27.5 Å². The summed E-state index contributed by atoms with van der Waals surface area (Å²) >= 11 is 8.83. The lowest BCUT2D eigenvalue weighted by molar-refractivity contribution is 0.102. The Labute approximate surface area is 107 Å². The maximum Gasteiger partial charge on any atom is 0.238 e. The fourth-order valence-electron chi connectivity index (χ4n) is 1.19. The van der Waals surface area contributed by atoms with E-state index in [-0.39, 0.29) is 26.6 Å². The van der Waals surface area contributed by atoms with Crippen molar-refractivity contribution in [2.75, 3.05) is 5.33 Å². The lowest BCUT2D eigenvalue weighted by Gasteiger charge is -2.07. The molecule has 0 amide bonds. The minimum absolute atomic E-state index is 0.0937. The minimum Gasteiger partial charge on any atom is -0.293 e. The zero-order valence-corrected chi connectivity index (χ0v) is 11.5. The number of primary sulfonamides is 1. The first-order chi connectivity index (χ1) is 7.27. The van der Waals surface area contributed by atoms with E-state index < -0.39 is 10.0 Å². The van der Waals surface area contributed by atoms with Crippen LogP contribution in [0.15, 0.2) is 17.0 Å². The maximum absolute atomic E-state index is 11.4. The van der Waals surface area contributed by atoms with Crippen LogP contribution in [0.4, 0.5) is 0 Å². The molecule has 0 aliphatic heterocycles. The summed E-state index contributed by atoms with van der Waals surface area (Å²) in [7, 11) is -3.87. The van der Waals surface area contributed by atoms with Crippen LogP contribution in [0.2, 0.25) is 5.02 Å². The second kappa shape index (κ2) is 4.83. The van der Waals surface area contributed by atoms with Crippen LogP contribution in [0.3, 0.4) is 0 Å². The highest BCUT2D eigenvalue weighted by Crippen LogP contribution is 2.25. The second-order valence-corrected chi connectivity index (χ2v) is 5.68. The Hall–Kier alpha value is -0.430. The molecule has 0 heterocycles. The Morgan fingerprint density at radius 2 is 2.06 bits per heavy atom. The van der Waals surface area contributed by atoms with Crippen molar-refractivity contribution in [3.63, 3.8) is 0 Å². The van der Waals surface area contributed by atoms with Gasteiger partial charge in [0.05, 0.1) is 10.2 Å². The molecule has 0 saturated carbocycles. The van der Waals surface area contributed by atoms with Gasteiger partial charge in [0.15, 0.2) is 5.78 Å². The van der Waals surface area contributed by atoms with Gasteiger partial charge < -0.3 is 0 Å². The van der Waals surface area contributed by atoms with E-state index in [1.165, 1.54) is 19.1 Å². The Balaban J connectivity index is 3.52. The van der Waals surface area contributed by atoms with Crippen molar-refractivity contribution in [2.45, 2.75) is 11.8 Å². The Bertz CT molecular complexity index is 542. The number of carbonyl (C=O) groups is 1. The molecule has 0 saturated heterocycles. The number of alkyl halides is 1. The van der Waals surface area contributed by atoms with E-state index in [0.717, 1.165) is 0 Å². The third-order valence-corrected chi connectivity index (χ3v) is 3.99. The molecule has 0 atom stereocenters. The van der Waals surface area contributed by atoms with E-state index in [9.17, 15) is 13.2 Å². The molecule has 7 heteroatoms. The van der Waals surface area contributed by atoms with E-state index in [1.807, 2.05) is 0 Å². The number of halogens is 2. The number of carbonyl (C=O) groups excluding carboxylic acids is 1. The number of rotatable bonds is 3. The van der Waals surface area contributed by atoms with Gasteiger partial charge in [0.1, 0.15) is 0 Å². The van der Waals surface area contributed by atoms with Crippen LogP contribution in [0, 0.1) is 6.92 Å². The number of hydrogen-bond donors (Lipinski definition) is 1. The molecule has 0 aromatic heterocycles. The smallest absolute Gasteiger partial charge is 0.238 e. The minimum atomic E-state index is -3.87. The van der Waals surface area contributed by atoms with Gasteiger partial charge in [-0.2, -0.15) is 0 Å². The van der Waals surface area contributed by atoms with Gasteiger partial charge in [0, 0.05) is 10.6 Å². The fourth-order valence-corrected chi connectivity index (χ4v) is 2.61. The van der Waals surface area contributed by atoms with Gasteiger partial charge in [0.2, 0.25) is 10.0 Å². The molecule has 0 unspecified atom stereocenters. The van der Waals surface area contributed by atoms with E-state index in [1.54, 1.807) is 0 Å². The number of nitrogens with two attached hydrogens (primary N) is 1. The predicted molar refractivity (Wildman–Crippen MR) is 65.7 cm³/mol. The van der Waals surface area contributed by atoms with Crippen molar-refractivity contribution in [1.82, 2.24) is 0 Å². The van der Waals surface area contributed by atoms with Gasteiger partial charge in [0.25, 0.3) is 0 Å². The maximum atomic E-state index is 11.4. The monoisotopic (exact) mass is 325 g/mol. The summed E-state index contributed by atoms with van der Waals surface area (Å²) in [5, 5.41) is 5.33. The molecule has 0 radical (unpaired) electrons. The lowest BCUT2D eigenvalue weighted by Crippen LogP contribution is -2.15. The number of ketones is 1. The summed E-state index contributed by atoms with van der Waals surface area (Å²) in [5.74, 6) is -0.258. The van der Waals surface area contributed by atoms with Crippen LogP contribution in [0.5, 0.6) is 0 Å². The number of benzene rings is 1. The van der Waals surface area contributed by atoms with Gasteiger partial charge in [-0.3, -0.25) is 4.79 Å². The highest BCUT2D eigenvalue weighted by atomic mass is 79.9. The molecule has 2 N–H and O–H groups in total. The van der Waals surface area contributed by atoms with Crippen molar-refractivity contribution in [3.05, 3.63) is 28.3 Å². The molecule has 0 bridgehead atoms. The van der Waals surface area contributed by atoms with Crippen LogP contribution in [-0.4, -0.2) is 19.5 Å². The van der Waals surface area contributed by atoms with E-state index in [4.69, 9.17) is 16.7 Å². The Morgan fingerprint density at radius 3 is 2.50 bits per heavy atom. The number of Topliss-reactive ketones (excluding diaryl/α,β-unsaturated/α-hetero) is 1. The Kier molecular flexibility index (Phi) is 4.12. The van der Waals surface area contributed by atoms with Crippen molar-refractivity contribution < 1.29 is 13.2 Å². The van der Waals surface area contributed by atoms with Crippen molar-refractivity contribution >= 4 is 43.3 Å². The van der Waals surface area contributed by atoms with Crippen molar-refractivity contribution in [2.24, 2.45) is 5.14 Å². The first kappa shape index (κ1) is 13.6. The van der Waals surface area contributed by atoms with Gasteiger partial charge in [-0.25, -0.2) is 13.6 Å². The molecule has 0 fully saturated rings. The third kappa shape index (κ3) is 2.82. The average Bonchev–Trinajstić information content (AvgIpc) is 2.18. The summed E-state index contributed by atoms with van der Waals surface area (Å²) in [6.07, 6.45) is 0. The van der Waals surface area contributed by atoms with E-state index in [0.29, 0.717) is 5.56 Å². The van der Waals surface area contributed by atoms with Gasteiger partial charge in [-0.15, -0.1) is 0 Å². The molecule has 0 aliphatic carbocycles. The third-order valence-electron chi connectivity index (χ3n) is 2.05. The molecular formula is C9H9BrClNO3S. The largest absolute Gasteiger partial charge is 0.293 e. The quantitative estimate of drug-likeness (QED) is 0.680. The zero-order chi connectivity index (χ0) is 12.5. The topological polar surface area (TPSA) is 77.2 Å². The molecule has 1 aromatic carbocycles. The van der Waals surface area contributed by atoms with Gasteiger partial charge in [-0.05, 0) is 24.6 Å². The summed E-state index contributed by atoms with van der Waals surface area (Å²) in [5.41, 5.74) is 0.562. The Morgan fingerprint density at radius 1 is 1.50 bits per heavy atom.